The third-order valence-corrected chi connectivity index (χ3v) is 9.17. The number of allylic oxidation sites excluding steroid dienone is 3. The van der Waals surface area contributed by atoms with Gasteiger partial charge in [-0.3, -0.25) is 14.5 Å². The molecule has 2 aromatic carbocycles. The average Bonchev–Trinajstić information content (AvgIpc) is 3.36. The molecule has 2 heterocycles. The van der Waals surface area contributed by atoms with Crippen LogP contribution in [-0.4, -0.2) is 27.6 Å². The van der Waals surface area contributed by atoms with Gasteiger partial charge in [-0.1, -0.05) is 78.9 Å². The lowest BCUT2D eigenvalue weighted by Gasteiger charge is -2.42. The number of rotatable bonds is 6. The Hall–Kier alpha value is -3.65. The van der Waals surface area contributed by atoms with Crippen LogP contribution in [0.15, 0.2) is 75.5 Å². The largest absolute Gasteiger partial charge is 0.384 e. The number of hydrogen-bond donors (Lipinski definition) is 2. The molecule has 40 heavy (non-hydrogen) atoms. The van der Waals surface area contributed by atoms with Gasteiger partial charge in [-0.05, 0) is 48.1 Å². The number of benzene rings is 2. The number of thioether (sulfide) groups is 1. The predicted molar refractivity (Wildman–Crippen MR) is 159 cm³/mol. The molecule has 0 spiro atoms. The normalized spacial score (nSPS) is 18.4. The van der Waals surface area contributed by atoms with Crippen molar-refractivity contribution in [2.24, 2.45) is 11.1 Å². The molecule has 0 saturated carbocycles. The number of carbonyl (C=O) groups is 2. The van der Waals surface area contributed by atoms with Gasteiger partial charge in [0.05, 0.1) is 23.3 Å². The first-order valence-electron chi connectivity index (χ1n) is 12.6. The molecule has 1 unspecified atom stereocenters. The maximum Gasteiger partial charge on any atom is 0.234 e. The number of carbonyl (C=O) groups excluding carboxylic acids is 2. The number of nitrogens with one attached hydrogen (secondary N) is 1. The zero-order valence-electron chi connectivity index (χ0n) is 22.2. The Morgan fingerprint density at radius 2 is 2.02 bits per heavy atom. The van der Waals surface area contributed by atoms with E-state index in [0.29, 0.717) is 38.6 Å². The molecule has 0 radical (unpaired) electrons. The van der Waals surface area contributed by atoms with Crippen molar-refractivity contribution in [1.82, 2.24) is 10.2 Å². The number of halogens is 1. The minimum absolute atomic E-state index is 0.0338. The van der Waals surface area contributed by atoms with Crippen molar-refractivity contribution in [3.05, 3.63) is 87.3 Å². The van der Waals surface area contributed by atoms with Gasteiger partial charge in [-0.25, -0.2) is 0 Å². The van der Waals surface area contributed by atoms with Crippen LogP contribution in [-0.2, 0) is 9.59 Å². The fourth-order valence-electron chi connectivity index (χ4n) is 5.12. The van der Waals surface area contributed by atoms with Crippen LogP contribution in [0.4, 0.5) is 10.8 Å². The number of para-hydroxylation sites is 1. The van der Waals surface area contributed by atoms with Crippen molar-refractivity contribution >= 4 is 57.2 Å². The van der Waals surface area contributed by atoms with Gasteiger partial charge in [-0.2, -0.15) is 5.26 Å². The summed E-state index contributed by atoms with van der Waals surface area (Å²) in [5, 5.41) is 22.7. The van der Waals surface area contributed by atoms with Crippen molar-refractivity contribution < 1.29 is 9.59 Å². The standard InChI is InChI=1S/C29H27ClN6O2S2/c1-16-7-4-5-10-20(16)33-23(38)15-39-28-35-34-27(40-28)36-21-12-29(2,3)13-22(37)25(21)24(19(14-31)26(36)32)17-8-6-9-18(30)11-17/h4-11,24H,12-13,15,32H2,1-3H3,(H,33,38). The number of nitrogens with zero attached hydrogens (tertiary/aromatic N) is 4. The van der Waals surface area contributed by atoms with E-state index < -0.39 is 5.92 Å². The summed E-state index contributed by atoms with van der Waals surface area (Å²) in [5.41, 5.74) is 10.4. The highest BCUT2D eigenvalue weighted by Gasteiger charge is 2.45. The molecule has 1 aliphatic carbocycles. The maximum absolute atomic E-state index is 13.6. The van der Waals surface area contributed by atoms with Crippen LogP contribution >= 0.6 is 34.7 Å². The summed E-state index contributed by atoms with van der Waals surface area (Å²) in [5.74, 6) is -0.455. The first kappa shape index (κ1) is 27.9. The molecule has 1 aliphatic heterocycles. The lowest BCUT2D eigenvalue weighted by atomic mass is 9.69. The van der Waals surface area contributed by atoms with E-state index in [1.165, 1.54) is 23.1 Å². The van der Waals surface area contributed by atoms with Crippen molar-refractivity contribution in [3.63, 3.8) is 0 Å². The number of amides is 1. The Balaban J connectivity index is 1.47. The van der Waals surface area contributed by atoms with Crippen LogP contribution in [0.1, 0.15) is 43.7 Å². The number of nitrogens with two attached hydrogens (primary N) is 1. The fourth-order valence-corrected chi connectivity index (χ4v) is 7.00. The number of hydrogen-bond acceptors (Lipinski definition) is 9. The number of Topliss-reactive ketones (excluding diaryl/α,β-unsaturated/α-hetero) is 1. The zero-order valence-corrected chi connectivity index (χ0v) is 24.6. The number of anilines is 2. The van der Waals surface area contributed by atoms with E-state index in [-0.39, 0.29) is 34.3 Å². The Morgan fingerprint density at radius 3 is 2.75 bits per heavy atom. The van der Waals surface area contributed by atoms with Crippen LogP contribution in [0, 0.1) is 23.7 Å². The second kappa shape index (κ2) is 11.1. The van der Waals surface area contributed by atoms with E-state index in [0.717, 1.165) is 16.8 Å². The summed E-state index contributed by atoms with van der Waals surface area (Å²) < 4.78 is 0.571. The van der Waals surface area contributed by atoms with Gasteiger partial charge < -0.3 is 11.1 Å². The molecule has 1 atom stereocenters. The molecular formula is C29H27ClN6O2S2. The second-order valence-corrected chi connectivity index (χ2v) is 13.2. The molecular weight excluding hydrogens is 564 g/mol. The number of ketones is 1. The maximum atomic E-state index is 13.6. The quantitative estimate of drug-likeness (QED) is 0.326. The highest BCUT2D eigenvalue weighted by atomic mass is 35.5. The number of nitriles is 1. The number of aromatic nitrogens is 2. The first-order valence-corrected chi connectivity index (χ1v) is 14.8. The van der Waals surface area contributed by atoms with Gasteiger partial charge in [0, 0.05) is 28.4 Å². The van der Waals surface area contributed by atoms with E-state index in [2.05, 4.69) is 21.6 Å². The Labute approximate surface area is 245 Å². The van der Waals surface area contributed by atoms with Crippen LogP contribution in [0.5, 0.6) is 0 Å². The average molecular weight is 591 g/mol. The van der Waals surface area contributed by atoms with Gasteiger partial charge in [0.25, 0.3) is 0 Å². The third-order valence-electron chi connectivity index (χ3n) is 6.90. The van der Waals surface area contributed by atoms with Crippen LogP contribution < -0.4 is 16.0 Å². The van der Waals surface area contributed by atoms with E-state index >= 15 is 0 Å². The van der Waals surface area contributed by atoms with E-state index in [4.69, 9.17) is 17.3 Å². The molecule has 0 bridgehead atoms. The predicted octanol–water partition coefficient (Wildman–Crippen LogP) is 6.17. The zero-order chi connectivity index (χ0) is 28.6. The third kappa shape index (κ3) is 5.50. The fraction of sp³-hybridized carbons (Fsp3) is 0.276. The molecule has 5 rings (SSSR count). The molecule has 3 aromatic rings. The smallest absolute Gasteiger partial charge is 0.234 e. The lowest BCUT2D eigenvalue weighted by molar-refractivity contribution is -0.118. The summed E-state index contributed by atoms with van der Waals surface area (Å²) in [6, 6.07) is 17.0. The minimum atomic E-state index is -0.620. The monoisotopic (exact) mass is 590 g/mol. The van der Waals surface area contributed by atoms with Crippen LogP contribution in [0.2, 0.25) is 5.02 Å². The molecule has 0 saturated heterocycles. The van der Waals surface area contributed by atoms with Crippen molar-refractivity contribution in [2.45, 2.75) is 43.9 Å². The highest BCUT2D eigenvalue weighted by molar-refractivity contribution is 8.01. The lowest BCUT2D eigenvalue weighted by Crippen LogP contribution is -2.42. The SMILES string of the molecule is Cc1ccccc1NC(=O)CSc1nnc(N2C(N)=C(C#N)C(c3cccc(Cl)c3)C3=C2CC(C)(C)CC3=O)s1. The van der Waals surface area contributed by atoms with Gasteiger partial charge in [0.15, 0.2) is 10.1 Å². The van der Waals surface area contributed by atoms with Gasteiger partial charge >= 0.3 is 0 Å². The summed E-state index contributed by atoms with van der Waals surface area (Å²) in [6.45, 7) is 6.01. The van der Waals surface area contributed by atoms with E-state index in [1.807, 2.05) is 51.1 Å². The molecule has 8 nitrogen and oxygen atoms in total. The van der Waals surface area contributed by atoms with Crippen molar-refractivity contribution in [1.29, 1.82) is 5.26 Å². The summed E-state index contributed by atoms with van der Waals surface area (Å²) in [4.78, 5) is 27.9. The summed E-state index contributed by atoms with van der Waals surface area (Å²) in [6.07, 6.45) is 0.911. The van der Waals surface area contributed by atoms with E-state index in [1.54, 1.807) is 23.1 Å². The Morgan fingerprint density at radius 1 is 1.25 bits per heavy atom. The summed E-state index contributed by atoms with van der Waals surface area (Å²) in [7, 11) is 0. The molecule has 11 heteroatoms. The molecule has 2 aliphatic rings. The van der Waals surface area contributed by atoms with Gasteiger partial charge in [0.1, 0.15) is 5.82 Å². The molecule has 1 aromatic heterocycles. The minimum Gasteiger partial charge on any atom is -0.384 e. The molecule has 204 valence electrons. The van der Waals surface area contributed by atoms with Gasteiger partial charge in [0.2, 0.25) is 11.0 Å². The molecule has 0 fully saturated rings. The van der Waals surface area contributed by atoms with Crippen LogP contribution in [0.25, 0.3) is 0 Å². The van der Waals surface area contributed by atoms with E-state index in [9.17, 15) is 14.9 Å². The second-order valence-electron chi connectivity index (χ2n) is 10.5. The highest BCUT2D eigenvalue weighted by Crippen LogP contribution is 2.50. The summed E-state index contributed by atoms with van der Waals surface area (Å²) >= 11 is 8.81. The molecule has 1 amide bonds. The number of aryl methyl sites for hydroxylation is 1. The van der Waals surface area contributed by atoms with Crippen molar-refractivity contribution in [3.8, 4) is 6.07 Å². The molecule has 3 N–H and O–H groups in total. The Bertz CT molecular complexity index is 1620. The van der Waals surface area contributed by atoms with Gasteiger partial charge in [-0.15, -0.1) is 10.2 Å². The Kier molecular flexibility index (Phi) is 7.73. The topological polar surface area (TPSA) is 125 Å². The van der Waals surface area contributed by atoms with Crippen molar-refractivity contribution in [2.75, 3.05) is 16.0 Å². The first-order chi connectivity index (χ1) is 19.1. The van der Waals surface area contributed by atoms with Crippen LogP contribution in [0.3, 0.4) is 0 Å².